The van der Waals surface area contributed by atoms with E-state index in [1.165, 1.54) is 13.2 Å². The summed E-state index contributed by atoms with van der Waals surface area (Å²) in [5, 5.41) is 9.81. The molecule has 0 unspecified atom stereocenters. The summed E-state index contributed by atoms with van der Waals surface area (Å²) in [6, 6.07) is 10.1. The van der Waals surface area contributed by atoms with Crippen molar-refractivity contribution in [3.63, 3.8) is 0 Å². The van der Waals surface area contributed by atoms with Crippen LogP contribution < -0.4 is 14.9 Å². The number of methoxy groups -OCH3 is 1. The van der Waals surface area contributed by atoms with Crippen LogP contribution in [0.5, 0.6) is 11.5 Å². The molecule has 150 valence electrons. The molecule has 0 amide bonds. The van der Waals surface area contributed by atoms with E-state index in [4.69, 9.17) is 30.6 Å². The summed E-state index contributed by atoms with van der Waals surface area (Å²) in [7, 11) is 1.51. The molecule has 2 aromatic carbocycles. The Morgan fingerprint density at radius 3 is 2.66 bits per heavy atom. The molecule has 1 aliphatic rings. The van der Waals surface area contributed by atoms with Gasteiger partial charge in [-0.2, -0.15) is 0 Å². The van der Waals surface area contributed by atoms with E-state index in [-0.39, 0.29) is 17.5 Å². The molecule has 7 heteroatoms. The molecule has 1 heterocycles. The third-order valence-corrected chi connectivity index (χ3v) is 5.51. The van der Waals surface area contributed by atoms with Crippen LogP contribution in [-0.4, -0.2) is 24.3 Å². The van der Waals surface area contributed by atoms with Crippen molar-refractivity contribution in [2.24, 2.45) is 5.92 Å². The van der Waals surface area contributed by atoms with Crippen LogP contribution in [0.2, 0.25) is 5.02 Å². The Balaban J connectivity index is 1.77. The van der Waals surface area contributed by atoms with Gasteiger partial charge in [-0.15, -0.1) is 0 Å². The van der Waals surface area contributed by atoms with Gasteiger partial charge in [0.25, 0.3) is 0 Å². The highest BCUT2D eigenvalue weighted by Gasteiger charge is 2.37. The number of benzene rings is 2. The van der Waals surface area contributed by atoms with Crippen LogP contribution in [0.15, 0.2) is 45.6 Å². The number of rotatable bonds is 5. The van der Waals surface area contributed by atoms with Crippen molar-refractivity contribution in [3.8, 4) is 22.8 Å². The fourth-order valence-corrected chi connectivity index (χ4v) is 3.72. The number of ether oxygens (including phenoxy) is 2. The Morgan fingerprint density at radius 1 is 1.21 bits per heavy atom. The van der Waals surface area contributed by atoms with Gasteiger partial charge in [-0.1, -0.05) is 23.7 Å². The van der Waals surface area contributed by atoms with Crippen LogP contribution in [0.25, 0.3) is 22.3 Å². The Labute approximate surface area is 171 Å². The molecule has 0 saturated heterocycles. The lowest BCUT2D eigenvalue weighted by atomic mass is 9.82. The van der Waals surface area contributed by atoms with E-state index in [2.05, 4.69) is 0 Å². The Kier molecular flexibility index (Phi) is 4.96. The topological polar surface area (TPSA) is 86.0 Å². The molecule has 4 rings (SSSR count). The van der Waals surface area contributed by atoms with Crippen LogP contribution in [0.1, 0.15) is 18.4 Å². The molecule has 1 aliphatic carbocycles. The van der Waals surface area contributed by atoms with Gasteiger partial charge in [0.05, 0.1) is 29.0 Å². The molecule has 3 aromatic rings. The maximum absolute atomic E-state index is 12.6. The summed E-state index contributed by atoms with van der Waals surface area (Å²) in [4.78, 5) is 23.6. The van der Waals surface area contributed by atoms with Gasteiger partial charge in [0.2, 0.25) is 0 Å². The summed E-state index contributed by atoms with van der Waals surface area (Å²) in [6.07, 6.45) is 0.697. The van der Waals surface area contributed by atoms with E-state index < -0.39 is 5.97 Å². The first-order valence-corrected chi connectivity index (χ1v) is 9.56. The van der Waals surface area contributed by atoms with E-state index in [9.17, 15) is 9.59 Å². The van der Waals surface area contributed by atoms with E-state index in [1.54, 1.807) is 24.3 Å². The zero-order valence-corrected chi connectivity index (χ0v) is 16.7. The highest BCUT2D eigenvalue weighted by molar-refractivity contribution is 6.34. The van der Waals surface area contributed by atoms with E-state index in [0.717, 1.165) is 5.56 Å². The van der Waals surface area contributed by atoms with E-state index in [0.29, 0.717) is 51.7 Å². The second-order valence-corrected chi connectivity index (χ2v) is 7.54. The summed E-state index contributed by atoms with van der Waals surface area (Å²) in [5.74, 6) is 0.0700. The van der Waals surface area contributed by atoms with Crippen LogP contribution in [0.3, 0.4) is 0 Å². The van der Waals surface area contributed by atoms with Crippen molar-refractivity contribution >= 4 is 28.5 Å². The number of carboxylic acid groups (broad SMARTS) is 1. The minimum absolute atomic E-state index is 0.197. The van der Waals surface area contributed by atoms with Crippen molar-refractivity contribution < 1.29 is 23.8 Å². The summed E-state index contributed by atoms with van der Waals surface area (Å²) in [5.41, 5.74) is 1.49. The Morgan fingerprint density at radius 2 is 1.97 bits per heavy atom. The number of halogens is 1. The van der Waals surface area contributed by atoms with Crippen molar-refractivity contribution in [1.29, 1.82) is 0 Å². The van der Waals surface area contributed by atoms with E-state index in [1.807, 2.05) is 13.0 Å². The van der Waals surface area contributed by atoms with Crippen LogP contribution in [0, 0.1) is 12.8 Å². The number of hydrogen-bond donors (Lipinski definition) is 1. The van der Waals surface area contributed by atoms with Crippen molar-refractivity contribution in [2.45, 2.75) is 25.9 Å². The molecule has 29 heavy (non-hydrogen) atoms. The number of para-hydroxylation sites is 1. The normalized spacial score (nSPS) is 18.3. The highest BCUT2D eigenvalue weighted by atomic mass is 35.5. The Bertz CT molecular complexity index is 1160. The lowest BCUT2D eigenvalue weighted by Gasteiger charge is -2.33. The third-order valence-electron chi connectivity index (χ3n) is 5.21. The summed E-state index contributed by atoms with van der Waals surface area (Å²) < 4.78 is 17.6. The van der Waals surface area contributed by atoms with Gasteiger partial charge in [-0.25, -0.2) is 0 Å². The number of aliphatic carboxylic acids is 1. The molecule has 0 aliphatic heterocycles. The molecule has 0 radical (unpaired) electrons. The minimum Gasteiger partial charge on any atom is -0.492 e. The zero-order chi connectivity index (χ0) is 20.7. The van der Waals surface area contributed by atoms with Gasteiger partial charge >= 0.3 is 5.97 Å². The maximum Gasteiger partial charge on any atom is 0.306 e. The monoisotopic (exact) mass is 414 g/mol. The molecule has 0 spiro atoms. The van der Waals surface area contributed by atoms with Gasteiger partial charge in [0.1, 0.15) is 11.9 Å². The largest absolute Gasteiger partial charge is 0.492 e. The number of hydrogen-bond acceptors (Lipinski definition) is 5. The Hall–Kier alpha value is -2.99. The first kappa shape index (κ1) is 19.3. The van der Waals surface area contributed by atoms with Gasteiger partial charge < -0.3 is 19.0 Å². The molecule has 1 N–H and O–H groups in total. The molecular formula is C22H19ClO6. The predicted octanol–water partition coefficient (Wildman–Crippen LogP) is 4.67. The quantitative estimate of drug-likeness (QED) is 0.652. The van der Waals surface area contributed by atoms with Gasteiger partial charge in [0, 0.05) is 6.07 Å². The lowest BCUT2D eigenvalue weighted by Crippen LogP contribution is -2.38. The average Bonchev–Trinajstić information content (AvgIpc) is 2.65. The third kappa shape index (κ3) is 3.44. The predicted molar refractivity (Wildman–Crippen MR) is 109 cm³/mol. The highest BCUT2D eigenvalue weighted by Crippen LogP contribution is 2.43. The van der Waals surface area contributed by atoms with Crippen LogP contribution in [0.4, 0.5) is 0 Å². The SMILES string of the molecule is COc1c(-c2cc(=O)c3cccc(Cl)c3o2)ccc(C)c1OC1CC(C(=O)O)C1. The number of aryl methyl sites for hydroxylation is 1. The second-order valence-electron chi connectivity index (χ2n) is 7.13. The van der Waals surface area contributed by atoms with E-state index >= 15 is 0 Å². The summed E-state index contributed by atoms with van der Waals surface area (Å²) >= 11 is 6.22. The van der Waals surface area contributed by atoms with Crippen molar-refractivity contribution in [1.82, 2.24) is 0 Å². The fourth-order valence-electron chi connectivity index (χ4n) is 3.51. The number of carboxylic acids is 1. The zero-order valence-electron chi connectivity index (χ0n) is 15.9. The van der Waals surface area contributed by atoms with Gasteiger partial charge in [-0.05, 0) is 43.5 Å². The first-order valence-electron chi connectivity index (χ1n) is 9.19. The first-order chi connectivity index (χ1) is 13.9. The minimum atomic E-state index is -0.808. The van der Waals surface area contributed by atoms with Crippen LogP contribution >= 0.6 is 11.6 Å². The molecule has 1 fully saturated rings. The second kappa shape index (κ2) is 7.44. The maximum atomic E-state index is 12.6. The van der Waals surface area contributed by atoms with Crippen molar-refractivity contribution in [2.75, 3.05) is 7.11 Å². The average molecular weight is 415 g/mol. The molecule has 6 nitrogen and oxygen atoms in total. The molecule has 0 atom stereocenters. The molecule has 1 saturated carbocycles. The smallest absolute Gasteiger partial charge is 0.306 e. The molecular weight excluding hydrogens is 396 g/mol. The lowest BCUT2D eigenvalue weighted by molar-refractivity contribution is -0.147. The van der Waals surface area contributed by atoms with Gasteiger partial charge in [0.15, 0.2) is 22.5 Å². The molecule has 1 aromatic heterocycles. The standard InChI is InChI=1S/C22H19ClO6/c1-11-6-7-15(18-10-17(24)14-4-3-5-16(23)20(14)29-18)21(27-2)19(11)28-13-8-12(9-13)22(25)26/h3-7,10,12-13H,8-9H2,1-2H3,(H,25,26). The summed E-state index contributed by atoms with van der Waals surface area (Å²) in [6.45, 7) is 1.88. The van der Waals surface area contributed by atoms with Crippen molar-refractivity contribution in [3.05, 3.63) is 57.2 Å². The van der Waals surface area contributed by atoms with Crippen LogP contribution in [-0.2, 0) is 4.79 Å². The molecule has 0 bridgehead atoms. The number of carbonyl (C=O) groups is 1. The number of fused-ring (bicyclic) bond motifs is 1. The fraction of sp³-hybridized carbons (Fsp3) is 0.273. The van der Waals surface area contributed by atoms with Gasteiger partial charge in [-0.3, -0.25) is 9.59 Å².